The molecule has 2 rings (SSSR count). The van der Waals surface area contributed by atoms with Gasteiger partial charge in [-0.25, -0.2) is 19.0 Å². The second-order valence-corrected chi connectivity index (χ2v) is 4.50. The Bertz CT molecular complexity index is 631. The number of thiazole rings is 1. The number of nitrogens with zero attached hydrogens (tertiary/aromatic N) is 1. The maximum Gasteiger partial charge on any atom is 0.337 e. The highest BCUT2D eigenvalue weighted by Crippen LogP contribution is 2.17. The van der Waals surface area contributed by atoms with Crippen molar-refractivity contribution in [3.05, 3.63) is 46.2 Å². The standard InChI is InChI=1S/C12H10FN3O3S/c13-7-1-2-9(11(17)18)10(3-7)16-12(19)14-4-8-5-20-6-15-8/h1-3,5-6H,4H2,(H,17,18)(H2,14,16,19). The number of hydrogen-bond donors (Lipinski definition) is 3. The summed E-state index contributed by atoms with van der Waals surface area (Å²) in [5, 5.41) is 15.5. The van der Waals surface area contributed by atoms with Crippen LogP contribution in [0.1, 0.15) is 16.1 Å². The Morgan fingerprint density at radius 1 is 1.40 bits per heavy atom. The number of carbonyl (C=O) groups excluding carboxylic acids is 1. The fourth-order valence-corrected chi connectivity index (χ4v) is 2.03. The Labute approximate surface area is 117 Å². The van der Waals surface area contributed by atoms with Gasteiger partial charge in [0.05, 0.1) is 29.0 Å². The summed E-state index contributed by atoms with van der Waals surface area (Å²) >= 11 is 1.39. The highest BCUT2D eigenvalue weighted by atomic mass is 32.1. The molecule has 2 amide bonds. The van der Waals surface area contributed by atoms with Crippen molar-refractivity contribution in [3.63, 3.8) is 0 Å². The zero-order valence-electron chi connectivity index (χ0n) is 10.1. The minimum Gasteiger partial charge on any atom is -0.478 e. The summed E-state index contributed by atoms with van der Waals surface area (Å²) in [6.07, 6.45) is 0. The van der Waals surface area contributed by atoms with Gasteiger partial charge >= 0.3 is 12.0 Å². The number of nitrogens with one attached hydrogen (secondary N) is 2. The number of carboxylic acid groups (broad SMARTS) is 1. The average molecular weight is 295 g/mol. The Kier molecular flexibility index (Phi) is 4.26. The van der Waals surface area contributed by atoms with E-state index >= 15 is 0 Å². The van der Waals surface area contributed by atoms with Crippen molar-refractivity contribution < 1.29 is 19.1 Å². The first-order valence-corrected chi connectivity index (χ1v) is 6.45. The molecule has 0 aliphatic carbocycles. The number of aromatic nitrogens is 1. The van der Waals surface area contributed by atoms with Gasteiger partial charge in [0.15, 0.2) is 0 Å². The van der Waals surface area contributed by atoms with E-state index in [1.165, 1.54) is 11.3 Å². The Morgan fingerprint density at radius 2 is 2.20 bits per heavy atom. The second kappa shape index (κ2) is 6.11. The Balaban J connectivity index is 2.03. The van der Waals surface area contributed by atoms with Crippen LogP contribution >= 0.6 is 11.3 Å². The number of anilines is 1. The molecule has 0 unspecified atom stereocenters. The summed E-state index contributed by atoms with van der Waals surface area (Å²) in [5.74, 6) is -1.88. The van der Waals surface area contributed by atoms with Gasteiger partial charge in [0.2, 0.25) is 0 Å². The number of carboxylic acids is 1. The molecule has 1 aromatic heterocycles. The van der Waals surface area contributed by atoms with Gasteiger partial charge in [-0.3, -0.25) is 0 Å². The normalized spacial score (nSPS) is 10.1. The first kappa shape index (κ1) is 13.9. The molecular weight excluding hydrogens is 285 g/mol. The van der Waals surface area contributed by atoms with Crippen LogP contribution in [-0.4, -0.2) is 22.1 Å². The molecule has 8 heteroatoms. The fraction of sp³-hybridized carbons (Fsp3) is 0.0833. The fourth-order valence-electron chi connectivity index (χ4n) is 1.47. The molecule has 0 radical (unpaired) electrons. The maximum atomic E-state index is 13.1. The molecule has 0 aliphatic rings. The van der Waals surface area contributed by atoms with Gasteiger partial charge in [-0.05, 0) is 18.2 Å². The molecule has 0 spiro atoms. The summed E-state index contributed by atoms with van der Waals surface area (Å²) in [5.41, 5.74) is 2.02. The van der Waals surface area contributed by atoms with E-state index in [2.05, 4.69) is 15.6 Å². The lowest BCUT2D eigenvalue weighted by atomic mass is 10.2. The maximum absolute atomic E-state index is 13.1. The first-order valence-electron chi connectivity index (χ1n) is 5.51. The van der Waals surface area contributed by atoms with E-state index in [0.717, 1.165) is 18.2 Å². The molecule has 2 aromatic rings. The van der Waals surface area contributed by atoms with E-state index in [9.17, 15) is 14.0 Å². The van der Waals surface area contributed by atoms with Crippen LogP contribution in [0, 0.1) is 5.82 Å². The monoisotopic (exact) mass is 295 g/mol. The highest BCUT2D eigenvalue weighted by molar-refractivity contribution is 7.07. The number of aromatic carboxylic acids is 1. The molecule has 0 atom stereocenters. The van der Waals surface area contributed by atoms with Crippen LogP contribution in [0.4, 0.5) is 14.9 Å². The second-order valence-electron chi connectivity index (χ2n) is 3.78. The van der Waals surface area contributed by atoms with Crippen LogP contribution in [0.3, 0.4) is 0 Å². The molecule has 0 saturated carbocycles. The lowest BCUT2D eigenvalue weighted by Crippen LogP contribution is -2.29. The van der Waals surface area contributed by atoms with Gasteiger partial charge < -0.3 is 15.7 Å². The van der Waals surface area contributed by atoms with E-state index in [-0.39, 0.29) is 17.8 Å². The van der Waals surface area contributed by atoms with Crippen LogP contribution in [-0.2, 0) is 6.54 Å². The summed E-state index contributed by atoms with van der Waals surface area (Å²) in [4.78, 5) is 26.6. The van der Waals surface area contributed by atoms with Gasteiger partial charge in [-0.1, -0.05) is 0 Å². The van der Waals surface area contributed by atoms with E-state index in [4.69, 9.17) is 5.11 Å². The highest BCUT2D eigenvalue weighted by Gasteiger charge is 2.13. The summed E-state index contributed by atoms with van der Waals surface area (Å²) in [6, 6.07) is 2.42. The van der Waals surface area contributed by atoms with E-state index in [1.54, 1.807) is 10.9 Å². The van der Waals surface area contributed by atoms with Crippen LogP contribution in [0.15, 0.2) is 29.1 Å². The van der Waals surface area contributed by atoms with Crippen LogP contribution in [0.5, 0.6) is 0 Å². The number of amides is 2. The topological polar surface area (TPSA) is 91.3 Å². The predicted octanol–water partition coefficient (Wildman–Crippen LogP) is 2.30. The third kappa shape index (κ3) is 3.51. The summed E-state index contributed by atoms with van der Waals surface area (Å²) in [6.45, 7) is 0.201. The van der Waals surface area contributed by atoms with Crippen molar-refractivity contribution in [1.29, 1.82) is 0 Å². The van der Waals surface area contributed by atoms with Crippen molar-refractivity contribution in [3.8, 4) is 0 Å². The third-order valence-corrected chi connectivity index (χ3v) is 3.01. The quantitative estimate of drug-likeness (QED) is 0.807. The van der Waals surface area contributed by atoms with Gasteiger partial charge in [0.25, 0.3) is 0 Å². The van der Waals surface area contributed by atoms with Crippen molar-refractivity contribution in [2.45, 2.75) is 6.54 Å². The van der Waals surface area contributed by atoms with Crippen molar-refractivity contribution >= 4 is 29.0 Å². The Hall–Kier alpha value is -2.48. The Morgan fingerprint density at radius 3 is 2.85 bits per heavy atom. The lowest BCUT2D eigenvalue weighted by molar-refractivity contribution is 0.0698. The van der Waals surface area contributed by atoms with Crippen LogP contribution in [0.2, 0.25) is 0 Å². The van der Waals surface area contributed by atoms with E-state index in [0.29, 0.717) is 5.69 Å². The molecule has 104 valence electrons. The van der Waals surface area contributed by atoms with E-state index < -0.39 is 17.8 Å². The van der Waals surface area contributed by atoms with Crippen molar-refractivity contribution in [2.24, 2.45) is 0 Å². The van der Waals surface area contributed by atoms with Gasteiger partial charge in [-0.15, -0.1) is 11.3 Å². The van der Waals surface area contributed by atoms with Crippen LogP contribution in [0.25, 0.3) is 0 Å². The minimum atomic E-state index is -1.25. The molecule has 1 aromatic carbocycles. The zero-order valence-corrected chi connectivity index (χ0v) is 10.9. The van der Waals surface area contributed by atoms with Crippen molar-refractivity contribution in [1.82, 2.24) is 10.3 Å². The number of rotatable bonds is 4. The largest absolute Gasteiger partial charge is 0.478 e. The summed E-state index contributed by atoms with van der Waals surface area (Å²) < 4.78 is 13.1. The molecule has 0 bridgehead atoms. The molecule has 0 fully saturated rings. The number of halogens is 1. The zero-order chi connectivity index (χ0) is 14.5. The van der Waals surface area contributed by atoms with E-state index in [1.807, 2.05) is 0 Å². The van der Waals surface area contributed by atoms with Gasteiger partial charge in [0, 0.05) is 5.38 Å². The molecule has 6 nitrogen and oxygen atoms in total. The third-order valence-electron chi connectivity index (χ3n) is 2.37. The molecule has 0 aliphatic heterocycles. The van der Waals surface area contributed by atoms with Crippen molar-refractivity contribution in [2.75, 3.05) is 5.32 Å². The van der Waals surface area contributed by atoms with Crippen LogP contribution < -0.4 is 10.6 Å². The number of hydrogen-bond acceptors (Lipinski definition) is 4. The number of benzene rings is 1. The number of urea groups is 1. The molecule has 3 N–H and O–H groups in total. The average Bonchev–Trinajstić information content (AvgIpc) is 2.89. The van der Waals surface area contributed by atoms with Gasteiger partial charge in [0.1, 0.15) is 5.82 Å². The molecular formula is C12H10FN3O3S. The minimum absolute atomic E-state index is 0.103. The molecule has 20 heavy (non-hydrogen) atoms. The lowest BCUT2D eigenvalue weighted by Gasteiger charge is -2.09. The smallest absolute Gasteiger partial charge is 0.337 e. The number of carbonyl (C=O) groups is 2. The predicted molar refractivity (Wildman–Crippen MR) is 71.3 cm³/mol. The first-order chi connectivity index (χ1) is 9.56. The molecule has 1 heterocycles. The molecule has 0 saturated heterocycles. The summed E-state index contributed by atoms with van der Waals surface area (Å²) in [7, 11) is 0. The SMILES string of the molecule is O=C(NCc1cscn1)Nc1cc(F)ccc1C(=O)O. The van der Waals surface area contributed by atoms with Gasteiger partial charge in [-0.2, -0.15) is 0 Å².